The molecule has 2 aromatic carbocycles. The number of phenolic OH excluding ortho intramolecular Hbond substituents is 2. The Morgan fingerprint density at radius 2 is 1.90 bits per heavy atom. The van der Waals surface area contributed by atoms with Gasteiger partial charge in [-0.25, -0.2) is 0 Å². The Bertz CT molecular complexity index is 684. The maximum Gasteiger partial charge on any atom is 0.141 e. The second kappa shape index (κ2) is 7.09. The number of aliphatic imine (C=N–C) groups is 1. The third-order valence-electron chi connectivity index (χ3n) is 2.98. The SMILES string of the molecule is CCCc1ccc(O)c(/N=C/c2cc(Br)cc(Br)c2O)c1. The average molecular weight is 413 g/mol. The Morgan fingerprint density at radius 3 is 2.62 bits per heavy atom. The molecule has 21 heavy (non-hydrogen) atoms. The van der Waals surface area contributed by atoms with Gasteiger partial charge < -0.3 is 10.2 Å². The van der Waals surface area contributed by atoms with Crippen LogP contribution in [0.25, 0.3) is 0 Å². The highest BCUT2D eigenvalue weighted by atomic mass is 79.9. The van der Waals surface area contributed by atoms with Crippen LogP contribution in [0.4, 0.5) is 5.69 Å². The first-order valence-electron chi connectivity index (χ1n) is 6.55. The predicted octanol–water partition coefficient (Wildman–Crippen LogP) is 5.33. The summed E-state index contributed by atoms with van der Waals surface area (Å²) in [5, 5.41) is 19.9. The summed E-state index contributed by atoms with van der Waals surface area (Å²) in [6.07, 6.45) is 3.51. The quantitative estimate of drug-likeness (QED) is 0.667. The van der Waals surface area contributed by atoms with Crippen molar-refractivity contribution >= 4 is 43.8 Å². The largest absolute Gasteiger partial charge is 0.506 e. The summed E-state index contributed by atoms with van der Waals surface area (Å²) in [5.74, 6) is 0.241. The minimum absolute atomic E-state index is 0.117. The first kappa shape index (κ1) is 16.0. The van der Waals surface area contributed by atoms with Crippen molar-refractivity contribution in [3.05, 3.63) is 50.4 Å². The summed E-state index contributed by atoms with van der Waals surface area (Å²) >= 11 is 6.65. The van der Waals surface area contributed by atoms with E-state index >= 15 is 0 Å². The number of phenols is 2. The van der Waals surface area contributed by atoms with Crippen molar-refractivity contribution in [1.82, 2.24) is 0 Å². The van der Waals surface area contributed by atoms with Gasteiger partial charge >= 0.3 is 0 Å². The summed E-state index contributed by atoms with van der Waals surface area (Å²) in [5.41, 5.74) is 2.19. The number of benzene rings is 2. The molecule has 5 heteroatoms. The minimum atomic E-state index is 0.117. The zero-order valence-electron chi connectivity index (χ0n) is 11.5. The standard InChI is InChI=1S/C16H15Br2NO2/c1-2-3-10-4-5-15(20)14(6-10)19-9-11-7-12(17)8-13(18)16(11)21/h4-9,20-21H,2-3H2,1H3/b19-9+. The van der Waals surface area contributed by atoms with E-state index in [1.54, 1.807) is 18.2 Å². The molecule has 0 radical (unpaired) electrons. The molecule has 0 aromatic heterocycles. The van der Waals surface area contributed by atoms with Gasteiger partial charge in [-0.1, -0.05) is 35.3 Å². The molecule has 0 aliphatic heterocycles. The monoisotopic (exact) mass is 411 g/mol. The molecule has 0 aliphatic carbocycles. The molecular formula is C16H15Br2NO2. The van der Waals surface area contributed by atoms with Crippen molar-refractivity contribution in [2.75, 3.05) is 0 Å². The molecule has 0 heterocycles. The Hall–Kier alpha value is -1.33. The number of nitrogens with zero attached hydrogens (tertiary/aromatic N) is 1. The second-order valence-corrected chi connectivity index (χ2v) is 6.43. The predicted molar refractivity (Wildman–Crippen MR) is 92.9 cm³/mol. The summed E-state index contributed by atoms with van der Waals surface area (Å²) in [6, 6.07) is 8.92. The first-order valence-corrected chi connectivity index (χ1v) is 8.14. The molecule has 110 valence electrons. The van der Waals surface area contributed by atoms with E-state index < -0.39 is 0 Å². The molecular weight excluding hydrogens is 398 g/mol. The molecule has 0 saturated heterocycles. The van der Waals surface area contributed by atoms with Gasteiger partial charge in [-0.2, -0.15) is 0 Å². The van der Waals surface area contributed by atoms with Crippen LogP contribution in [0.5, 0.6) is 11.5 Å². The van der Waals surface area contributed by atoms with Crippen LogP contribution in [0.15, 0.2) is 44.3 Å². The molecule has 0 spiro atoms. The molecule has 0 bridgehead atoms. The van der Waals surface area contributed by atoms with Crippen LogP contribution in [-0.2, 0) is 6.42 Å². The lowest BCUT2D eigenvalue weighted by atomic mass is 10.1. The molecule has 0 unspecified atom stereocenters. The molecule has 0 atom stereocenters. The van der Waals surface area contributed by atoms with Crippen molar-refractivity contribution in [2.45, 2.75) is 19.8 Å². The van der Waals surface area contributed by atoms with Crippen LogP contribution in [-0.4, -0.2) is 16.4 Å². The third-order valence-corrected chi connectivity index (χ3v) is 4.04. The van der Waals surface area contributed by atoms with Gasteiger partial charge in [0.2, 0.25) is 0 Å². The molecule has 0 aliphatic rings. The highest BCUT2D eigenvalue weighted by Gasteiger charge is 2.06. The van der Waals surface area contributed by atoms with Crippen molar-refractivity contribution in [3.8, 4) is 11.5 Å². The van der Waals surface area contributed by atoms with E-state index in [4.69, 9.17) is 0 Å². The van der Waals surface area contributed by atoms with Crippen molar-refractivity contribution in [2.24, 2.45) is 4.99 Å². The molecule has 2 N–H and O–H groups in total. The van der Waals surface area contributed by atoms with Crippen molar-refractivity contribution in [3.63, 3.8) is 0 Å². The van der Waals surface area contributed by atoms with E-state index in [1.807, 2.05) is 12.1 Å². The Labute approximate surface area is 140 Å². The normalized spacial score (nSPS) is 11.2. The van der Waals surface area contributed by atoms with Gasteiger partial charge in [0, 0.05) is 16.3 Å². The number of hydrogen-bond donors (Lipinski definition) is 2. The molecule has 0 saturated carbocycles. The van der Waals surface area contributed by atoms with Crippen LogP contribution in [0.2, 0.25) is 0 Å². The molecule has 3 nitrogen and oxygen atoms in total. The van der Waals surface area contributed by atoms with E-state index in [2.05, 4.69) is 43.8 Å². The number of halogens is 2. The molecule has 0 fully saturated rings. The van der Waals surface area contributed by atoms with E-state index in [9.17, 15) is 10.2 Å². The van der Waals surface area contributed by atoms with Crippen molar-refractivity contribution in [1.29, 1.82) is 0 Å². The van der Waals surface area contributed by atoms with Crippen LogP contribution >= 0.6 is 31.9 Å². The fourth-order valence-corrected chi connectivity index (χ4v) is 3.20. The summed E-state index contributed by atoms with van der Waals surface area (Å²) in [6.45, 7) is 2.10. The highest BCUT2D eigenvalue weighted by Crippen LogP contribution is 2.32. The van der Waals surface area contributed by atoms with Crippen LogP contribution in [0.3, 0.4) is 0 Å². The Balaban J connectivity index is 2.35. The first-order chi connectivity index (χ1) is 10.0. The van der Waals surface area contributed by atoms with Gasteiger partial charge in [0.15, 0.2) is 0 Å². The maximum absolute atomic E-state index is 9.99. The molecule has 2 rings (SSSR count). The number of rotatable bonds is 4. The minimum Gasteiger partial charge on any atom is -0.506 e. The van der Waals surface area contributed by atoms with E-state index in [0.717, 1.165) is 22.9 Å². The number of aromatic hydroxyl groups is 2. The molecule has 2 aromatic rings. The lowest BCUT2D eigenvalue weighted by molar-refractivity contribution is 0.470. The van der Waals surface area contributed by atoms with Crippen LogP contribution < -0.4 is 0 Å². The lowest BCUT2D eigenvalue weighted by Gasteiger charge is -2.05. The molecule has 0 amide bonds. The van der Waals surface area contributed by atoms with Crippen molar-refractivity contribution < 1.29 is 10.2 Å². The summed E-state index contributed by atoms with van der Waals surface area (Å²) in [4.78, 5) is 4.29. The third kappa shape index (κ3) is 4.08. The average Bonchev–Trinajstić information content (AvgIpc) is 2.44. The maximum atomic E-state index is 9.99. The fraction of sp³-hybridized carbons (Fsp3) is 0.188. The Kier molecular flexibility index (Phi) is 5.42. The zero-order valence-corrected chi connectivity index (χ0v) is 14.6. The Morgan fingerprint density at radius 1 is 1.14 bits per heavy atom. The van der Waals surface area contributed by atoms with Gasteiger partial charge in [-0.3, -0.25) is 4.99 Å². The summed E-state index contributed by atoms with van der Waals surface area (Å²) < 4.78 is 1.42. The van der Waals surface area contributed by atoms with Gasteiger partial charge in [0.1, 0.15) is 17.2 Å². The summed E-state index contributed by atoms with van der Waals surface area (Å²) in [7, 11) is 0. The van der Waals surface area contributed by atoms with Gasteiger partial charge in [-0.15, -0.1) is 0 Å². The smallest absolute Gasteiger partial charge is 0.141 e. The van der Waals surface area contributed by atoms with Gasteiger partial charge in [0.25, 0.3) is 0 Å². The van der Waals surface area contributed by atoms with E-state index in [1.165, 1.54) is 6.21 Å². The lowest BCUT2D eigenvalue weighted by Crippen LogP contribution is -1.86. The van der Waals surface area contributed by atoms with Crippen LogP contribution in [0.1, 0.15) is 24.5 Å². The topological polar surface area (TPSA) is 52.8 Å². The highest BCUT2D eigenvalue weighted by molar-refractivity contribution is 9.11. The van der Waals surface area contributed by atoms with E-state index in [0.29, 0.717) is 15.7 Å². The van der Waals surface area contributed by atoms with Gasteiger partial charge in [0.05, 0.1) is 4.47 Å². The second-order valence-electron chi connectivity index (χ2n) is 4.66. The van der Waals surface area contributed by atoms with Gasteiger partial charge in [-0.05, 0) is 52.2 Å². The van der Waals surface area contributed by atoms with E-state index in [-0.39, 0.29) is 11.5 Å². The number of aryl methyl sites for hydroxylation is 1. The zero-order chi connectivity index (χ0) is 15.4. The number of hydrogen-bond acceptors (Lipinski definition) is 3. The fourth-order valence-electron chi connectivity index (χ4n) is 1.94. The van der Waals surface area contributed by atoms with Crippen LogP contribution in [0, 0.1) is 0 Å².